The smallest absolute Gasteiger partial charge is 0.240 e. The number of sulfonamides is 1. The van der Waals surface area contributed by atoms with E-state index in [1.54, 1.807) is 18.2 Å². The van der Waals surface area contributed by atoms with Crippen LogP contribution < -0.4 is 15.4 Å². The molecule has 0 amide bonds. The topological polar surface area (TPSA) is 96.0 Å². The highest BCUT2D eigenvalue weighted by molar-refractivity contribution is 7.89. The van der Waals surface area contributed by atoms with Crippen LogP contribution in [0.2, 0.25) is 5.02 Å². The Bertz CT molecular complexity index is 1230. The van der Waals surface area contributed by atoms with Crippen molar-refractivity contribution < 1.29 is 8.42 Å². The molecule has 0 saturated heterocycles. The fraction of sp³-hybridized carbons (Fsp3) is 0.440. The fourth-order valence-corrected chi connectivity index (χ4v) is 5.78. The molecule has 4 rings (SSSR count). The Hall–Kier alpha value is -2.42. The third kappa shape index (κ3) is 6.37. The highest BCUT2D eigenvalue weighted by Gasteiger charge is 2.23. The normalized spacial score (nSPS) is 18.8. The second-order valence-corrected chi connectivity index (χ2v) is 11.5. The average molecular weight is 502 g/mol. The Morgan fingerprint density at radius 1 is 0.971 bits per heavy atom. The van der Waals surface area contributed by atoms with Crippen molar-refractivity contribution in [1.82, 2.24) is 14.7 Å². The van der Waals surface area contributed by atoms with Gasteiger partial charge >= 0.3 is 0 Å². The van der Waals surface area contributed by atoms with Crippen LogP contribution in [0.4, 0.5) is 11.8 Å². The summed E-state index contributed by atoms with van der Waals surface area (Å²) < 4.78 is 27.8. The van der Waals surface area contributed by atoms with Gasteiger partial charge in [0.2, 0.25) is 16.0 Å². The number of nitrogens with zero attached hydrogens (tertiary/aromatic N) is 2. The van der Waals surface area contributed by atoms with Gasteiger partial charge in [-0.05, 0) is 81.7 Å². The summed E-state index contributed by atoms with van der Waals surface area (Å²) in [6.45, 7) is 5.45. The number of benzene rings is 2. The van der Waals surface area contributed by atoms with Crippen molar-refractivity contribution >= 4 is 44.3 Å². The summed E-state index contributed by atoms with van der Waals surface area (Å²) in [5.41, 5.74) is 0.916. The van der Waals surface area contributed by atoms with Gasteiger partial charge in [0.25, 0.3) is 0 Å². The van der Waals surface area contributed by atoms with Gasteiger partial charge in [0, 0.05) is 29.5 Å². The quantitative estimate of drug-likeness (QED) is 0.368. The number of rotatable bonds is 9. The monoisotopic (exact) mass is 501 g/mol. The Labute approximate surface area is 206 Å². The summed E-state index contributed by atoms with van der Waals surface area (Å²) in [6, 6.07) is 14.7. The molecule has 1 saturated carbocycles. The van der Waals surface area contributed by atoms with Gasteiger partial charge in [0.1, 0.15) is 5.82 Å². The number of hydrogen-bond donors (Lipinski definition) is 3. The summed E-state index contributed by atoms with van der Waals surface area (Å²) in [7, 11) is -3.54. The van der Waals surface area contributed by atoms with Gasteiger partial charge in [-0.3, -0.25) is 0 Å². The van der Waals surface area contributed by atoms with Crippen LogP contribution in [-0.2, 0) is 10.0 Å². The lowest BCUT2D eigenvalue weighted by Crippen LogP contribution is -2.32. The van der Waals surface area contributed by atoms with Gasteiger partial charge in [-0.25, -0.2) is 18.1 Å². The van der Waals surface area contributed by atoms with Crippen LogP contribution in [0.3, 0.4) is 0 Å². The van der Waals surface area contributed by atoms with Crippen molar-refractivity contribution in [2.45, 2.75) is 50.5 Å². The molecule has 3 N–H and O–H groups in total. The van der Waals surface area contributed by atoms with E-state index in [1.165, 1.54) is 6.07 Å². The molecule has 0 aliphatic heterocycles. The molecule has 7 nitrogen and oxygen atoms in total. The van der Waals surface area contributed by atoms with Crippen LogP contribution in [0.25, 0.3) is 10.9 Å². The zero-order chi connectivity index (χ0) is 24.1. The van der Waals surface area contributed by atoms with E-state index in [0.717, 1.165) is 48.9 Å². The zero-order valence-corrected chi connectivity index (χ0v) is 21.2. The minimum absolute atomic E-state index is 0.208. The molecule has 1 aliphatic rings. The van der Waals surface area contributed by atoms with Crippen LogP contribution in [0.15, 0.2) is 53.4 Å². The fourth-order valence-electron chi connectivity index (χ4n) is 4.36. The van der Waals surface area contributed by atoms with Crippen molar-refractivity contribution in [3.05, 3.63) is 53.6 Å². The lowest BCUT2D eigenvalue weighted by atomic mass is 9.82. The largest absolute Gasteiger partial charge is 0.367 e. The molecular formula is C25H32ClN5O2S. The van der Waals surface area contributed by atoms with Crippen molar-refractivity contribution in [1.29, 1.82) is 0 Å². The predicted octanol–water partition coefficient (Wildman–Crippen LogP) is 5.30. The average Bonchev–Trinajstić information content (AvgIpc) is 2.82. The van der Waals surface area contributed by atoms with E-state index in [4.69, 9.17) is 16.6 Å². The highest BCUT2D eigenvalue weighted by atomic mass is 35.5. The van der Waals surface area contributed by atoms with E-state index in [1.807, 2.05) is 24.3 Å². The van der Waals surface area contributed by atoms with E-state index in [0.29, 0.717) is 29.4 Å². The summed E-state index contributed by atoms with van der Waals surface area (Å²) in [6.07, 6.45) is 4.06. The van der Waals surface area contributed by atoms with E-state index in [9.17, 15) is 8.42 Å². The van der Waals surface area contributed by atoms with E-state index in [-0.39, 0.29) is 10.9 Å². The first-order chi connectivity index (χ1) is 16.3. The van der Waals surface area contributed by atoms with Crippen molar-refractivity contribution in [3.63, 3.8) is 0 Å². The molecule has 1 fully saturated rings. The summed E-state index contributed by atoms with van der Waals surface area (Å²) in [5.74, 6) is 2.33. The number of hydrogen-bond acceptors (Lipinski definition) is 6. The predicted molar refractivity (Wildman–Crippen MR) is 139 cm³/mol. The Morgan fingerprint density at radius 3 is 2.38 bits per heavy atom. The van der Waals surface area contributed by atoms with Crippen molar-refractivity contribution in [3.8, 4) is 0 Å². The maximum Gasteiger partial charge on any atom is 0.240 e. The van der Waals surface area contributed by atoms with Gasteiger partial charge in [-0.2, -0.15) is 4.98 Å². The van der Waals surface area contributed by atoms with E-state index >= 15 is 0 Å². The van der Waals surface area contributed by atoms with Crippen molar-refractivity contribution in [2.24, 2.45) is 11.8 Å². The molecule has 1 aliphatic carbocycles. The van der Waals surface area contributed by atoms with Crippen LogP contribution in [0.1, 0.15) is 39.5 Å². The summed E-state index contributed by atoms with van der Waals surface area (Å²) in [4.78, 5) is 9.61. The molecule has 0 radical (unpaired) electrons. The second-order valence-electron chi connectivity index (χ2n) is 9.29. The number of nitrogens with one attached hydrogen (secondary N) is 3. The Kier molecular flexibility index (Phi) is 7.91. The van der Waals surface area contributed by atoms with Crippen LogP contribution in [0, 0.1) is 11.8 Å². The third-order valence-corrected chi connectivity index (χ3v) is 7.87. The summed E-state index contributed by atoms with van der Waals surface area (Å²) >= 11 is 5.94. The first-order valence-electron chi connectivity index (χ1n) is 11.8. The molecule has 182 valence electrons. The molecular weight excluding hydrogens is 470 g/mol. The molecule has 0 unspecified atom stereocenters. The molecule has 0 bridgehead atoms. The Balaban J connectivity index is 1.29. The highest BCUT2D eigenvalue weighted by Crippen LogP contribution is 2.29. The number of para-hydroxylation sites is 1. The standard InChI is InChI=1S/C25H32ClN5O2S/c1-17(2)29-24-22-8-3-4-9-23(22)30-25(31-24)27-15-18-10-12-19(13-11-18)16-28-34(32,33)21-7-5-6-20(26)14-21/h3-9,14,17-19,28H,10-13,15-16H2,1-2H3,(H2,27,29,30,31)/t18-,19-. The number of fused-ring (bicyclic) bond motifs is 1. The van der Waals surface area contributed by atoms with Crippen molar-refractivity contribution in [2.75, 3.05) is 23.7 Å². The number of anilines is 2. The van der Waals surface area contributed by atoms with Gasteiger partial charge in [-0.15, -0.1) is 0 Å². The summed E-state index contributed by atoms with van der Waals surface area (Å²) in [5, 5.41) is 8.28. The SMILES string of the molecule is CC(C)Nc1nc(NC[C@H]2CC[C@H](CNS(=O)(=O)c3cccc(Cl)c3)CC2)nc2ccccc12. The van der Waals surface area contributed by atoms with Gasteiger partial charge in [-0.1, -0.05) is 29.8 Å². The minimum Gasteiger partial charge on any atom is -0.367 e. The van der Waals surface area contributed by atoms with E-state index < -0.39 is 10.0 Å². The maximum absolute atomic E-state index is 12.5. The lowest BCUT2D eigenvalue weighted by Gasteiger charge is -2.28. The van der Waals surface area contributed by atoms with E-state index in [2.05, 4.69) is 34.2 Å². The second kappa shape index (κ2) is 10.9. The molecule has 9 heteroatoms. The van der Waals surface area contributed by atoms with Crippen LogP contribution >= 0.6 is 11.6 Å². The van der Waals surface area contributed by atoms with Gasteiger partial charge in [0.05, 0.1) is 10.4 Å². The van der Waals surface area contributed by atoms with Crippen LogP contribution in [0.5, 0.6) is 0 Å². The van der Waals surface area contributed by atoms with Crippen LogP contribution in [-0.4, -0.2) is 37.5 Å². The lowest BCUT2D eigenvalue weighted by molar-refractivity contribution is 0.284. The molecule has 34 heavy (non-hydrogen) atoms. The minimum atomic E-state index is -3.54. The van der Waals surface area contributed by atoms with Gasteiger partial charge in [0.15, 0.2) is 0 Å². The molecule has 3 aromatic rings. The van der Waals surface area contributed by atoms with Gasteiger partial charge < -0.3 is 10.6 Å². The zero-order valence-electron chi connectivity index (χ0n) is 19.6. The third-order valence-electron chi connectivity index (χ3n) is 6.21. The maximum atomic E-state index is 12.5. The molecule has 2 aromatic carbocycles. The molecule has 1 aromatic heterocycles. The number of aromatic nitrogens is 2. The molecule has 0 spiro atoms. The first kappa shape index (κ1) is 24.7. The Morgan fingerprint density at radius 2 is 1.68 bits per heavy atom. The molecule has 0 atom stereocenters. The molecule has 1 heterocycles. The number of halogens is 1. The first-order valence-corrected chi connectivity index (χ1v) is 13.7.